The van der Waals surface area contributed by atoms with Crippen molar-refractivity contribution in [3.63, 3.8) is 0 Å². The molecule has 1 fully saturated rings. The summed E-state index contributed by atoms with van der Waals surface area (Å²) >= 11 is 0. The number of hydrogen-bond donors (Lipinski definition) is 0. The Labute approximate surface area is 139 Å². The number of benzene rings is 1. The summed E-state index contributed by atoms with van der Waals surface area (Å²) in [6.45, 7) is 5.15. The maximum absolute atomic E-state index is 12.5. The second-order valence-corrected chi connectivity index (χ2v) is 6.26. The molecule has 3 heterocycles. The molecule has 1 saturated heterocycles. The Kier molecular flexibility index (Phi) is 3.72. The Morgan fingerprint density at radius 3 is 2.88 bits per heavy atom. The maximum Gasteiger partial charge on any atom is 0.264 e. The molecule has 0 N–H and O–H groups in total. The van der Waals surface area contributed by atoms with E-state index in [0.717, 1.165) is 16.9 Å². The molecule has 1 amide bonds. The monoisotopic (exact) mass is 329 g/mol. The first-order valence-corrected chi connectivity index (χ1v) is 8.04. The van der Waals surface area contributed by atoms with Gasteiger partial charge < -0.3 is 18.8 Å². The van der Waals surface area contributed by atoms with E-state index < -0.39 is 6.10 Å². The predicted molar refractivity (Wildman–Crippen MR) is 83.5 cm³/mol. The molecular formula is C17H19N3O4. The standard InChI is InChI=1S/C17H19N3O4/c1-10-4-3-5-12-6-14(24-16(10)12)17(21)20-7-13(8-20)22-9-15-19-18-11(2)23-15/h3-5,13-14H,6-9H2,1-2H3. The van der Waals surface area contributed by atoms with Crippen molar-refractivity contribution in [3.8, 4) is 5.75 Å². The molecule has 2 aliphatic rings. The van der Waals surface area contributed by atoms with Gasteiger partial charge in [0, 0.05) is 26.4 Å². The van der Waals surface area contributed by atoms with Crippen molar-refractivity contribution in [3.05, 3.63) is 41.1 Å². The van der Waals surface area contributed by atoms with Crippen molar-refractivity contribution in [2.24, 2.45) is 0 Å². The minimum Gasteiger partial charge on any atom is -0.480 e. The Morgan fingerprint density at radius 2 is 2.17 bits per heavy atom. The molecule has 7 heteroatoms. The average Bonchev–Trinajstić information content (AvgIpc) is 3.12. The van der Waals surface area contributed by atoms with E-state index in [1.54, 1.807) is 11.8 Å². The minimum absolute atomic E-state index is 0.00618. The van der Waals surface area contributed by atoms with Crippen LogP contribution in [-0.2, 0) is 22.6 Å². The molecular weight excluding hydrogens is 310 g/mol. The summed E-state index contributed by atoms with van der Waals surface area (Å²) in [4.78, 5) is 14.3. The summed E-state index contributed by atoms with van der Waals surface area (Å²) in [6, 6.07) is 6.01. The molecule has 7 nitrogen and oxygen atoms in total. The highest BCUT2D eigenvalue weighted by molar-refractivity contribution is 5.83. The average molecular weight is 329 g/mol. The fraction of sp³-hybridized carbons (Fsp3) is 0.471. The van der Waals surface area contributed by atoms with Crippen molar-refractivity contribution >= 4 is 5.91 Å². The van der Waals surface area contributed by atoms with E-state index in [-0.39, 0.29) is 18.6 Å². The summed E-state index contributed by atoms with van der Waals surface area (Å²) in [5.41, 5.74) is 2.18. The van der Waals surface area contributed by atoms with E-state index in [4.69, 9.17) is 13.9 Å². The minimum atomic E-state index is -0.416. The lowest BCUT2D eigenvalue weighted by molar-refractivity contribution is -0.153. The molecule has 4 rings (SSSR count). The first-order chi connectivity index (χ1) is 11.6. The SMILES string of the molecule is Cc1nnc(COC2CN(C(=O)C3Cc4cccc(C)c4O3)C2)o1. The van der Waals surface area contributed by atoms with Crippen LogP contribution in [0.5, 0.6) is 5.75 Å². The summed E-state index contributed by atoms with van der Waals surface area (Å²) in [5.74, 6) is 1.87. The highest BCUT2D eigenvalue weighted by Gasteiger charge is 2.39. The van der Waals surface area contributed by atoms with Gasteiger partial charge in [-0.3, -0.25) is 4.79 Å². The van der Waals surface area contributed by atoms with E-state index >= 15 is 0 Å². The van der Waals surface area contributed by atoms with Crippen LogP contribution in [-0.4, -0.2) is 46.3 Å². The number of rotatable bonds is 4. The molecule has 0 spiro atoms. The summed E-state index contributed by atoms with van der Waals surface area (Å²) in [6.07, 6.45) is 0.228. The van der Waals surface area contributed by atoms with Gasteiger partial charge in [0.15, 0.2) is 6.10 Å². The number of nitrogens with zero attached hydrogens (tertiary/aromatic N) is 3. The molecule has 1 aromatic carbocycles. The lowest BCUT2D eigenvalue weighted by Gasteiger charge is -2.39. The molecule has 2 aliphatic heterocycles. The molecule has 1 aromatic heterocycles. The molecule has 0 bridgehead atoms. The zero-order valence-electron chi connectivity index (χ0n) is 13.7. The van der Waals surface area contributed by atoms with Gasteiger partial charge in [0.25, 0.3) is 5.91 Å². The van der Waals surface area contributed by atoms with Gasteiger partial charge in [-0.25, -0.2) is 0 Å². The Hall–Kier alpha value is -2.41. The van der Waals surface area contributed by atoms with Gasteiger partial charge in [-0.1, -0.05) is 18.2 Å². The van der Waals surface area contributed by atoms with Gasteiger partial charge in [0.05, 0.1) is 6.10 Å². The molecule has 126 valence electrons. The van der Waals surface area contributed by atoms with Crippen LogP contribution in [0.3, 0.4) is 0 Å². The highest BCUT2D eigenvalue weighted by atomic mass is 16.5. The number of carbonyl (C=O) groups is 1. The third kappa shape index (κ3) is 2.75. The van der Waals surface area contributed by atoms with Crippen molar-refractivity contribution in [1.82, 2.24) is 15.1 Å². The lowest BCUT2D eigenvalue weighted by Crippen LogP contribution is -2.58. The third-order valence-electron chi connectivity index (χ3n) is 4.40. The number of aromatic nitrogens is 2. The number of amides is 1. The number of hydrogen-bond acceptors (Lipinski definition) is 6. The molecule has 24 heavy (non-hydrogen) atoms. The topological polar surface area (TPSA) is 77.7 Å². The van der Waals surface area contributed by atoms with Crippen LogP contribution in [0.25, 0.3) is 0 Å². The molecule has 0 saturated carbocycles. The smallest absolute Gasteiger partial charge is 0.264 e. The zero-order valence-corrected chi connectivity index (χ0v) is 13.7. The van der Waals surface area contributed by atoms with Gasteiger partial charge in [-0.05, 0) is 18.1 Å². The van der Waals surface area contributed by atoms with Crippen LogP contribution in [0.4, 0.5) is 0 Å². The van der Waals surface area contributed by atoms with Gasteiger partial charge >= 0.3 is 0 Å². The Morgan fingerprint density at radius 1 is 1.33 bits per heavy atom. The van der Waals surface area contributed by atoms with Crippen molar-refractivity contribution in [2.75, 3.05) is 13.1 Å². The summed E-state index contributed by atoms with van der Waals surface area (Å²) in [7, 11) is 0. The van der Waals surface area contributed by atoms with E-state index in [1.165, 1.54) is 0 Å². The second kappa shape index (κ2) is 5.90. The summed E-state index contributed by atoms with van der Waals surface area (Å²) in [5, 5.41) is 7.64. The van der Waals surface area contributed by atoms with Crippen LogP contribution < -0.4 is 4.74 Å². The van der Waals surface area contributed by atoms with Crippen LogP contribution >= 0.6 is 0 Å². The van der Waals surface area contributed by atoms with Crippen LogP contribution in [0, 0.1) is 13.8 Å². The molecule has 1 unspecified atom stereocenters. The van der Waals surface area contributed by atoms with Gasteiger partial charge in [-0.2, -0.15) is 0 Å². The quantitative estimate of drug-likeness (QED) is 0.844. The Balaban J connectivity index is 1.27. The zero-order chi connectivity index (χ0) is 16.7. The lowest BCUT2D eigenvalue weighted by atomic mass is 10.1. The molecule has 2 aromatic rings. The second-order valence-electron chi connectivity index (χ2n) is 6.26. The fourth-order valence-corrected chi connectivity index (χ4v) is 3.08. The van der Waals surface area contributed by atoms with E-state index in [1.807, 2.05) is 25.1 Å². The first kappa shape index (κ1) is 15.1. The number of ether oxygens (including phenoxy) is 2. The molecule has 0 radical (unpaired) electrons. The van der Waals surface area contributed by atoms with Crippen LogP contribution in [0.15, 0.2) is 22.6 Å². The third-order valence-corrected chi connectivity index (χ3v) is 4.40. The van der Waals surface area contributed by atoms with Crippen molar-refractivity contribution in [1.29, 1.82) is 0 Å². The predicted octanol–water partition coefficient (Wildman–Crippen LogP) is 1.42. The Bertz CT molecular complexity index is 767. The number of fused-ring (bicyclic) bond motifs is 1. The fourth-order valence-electron chi connectivity index (χ4n) is 3.08. The van der Waals surface area contributed by atoms with Gasteiger partial charge in [-0.15, -0.1) is 10.2 Å². The van der Waals surface area contributed by atoms with E-state index in [9.17, 15) is 4.79 Å². The van der Waals surface area contributed by atoms with E-state index in [2.05, 4.69) is 10.2 Å². The van der Waals surface area contributed by atoms with Crippen molar-refractivity contribution in [2.45, 2.75) is 39.1 Å². The number of aryl methyl sites for hydroxylation is 2. The largest absolute Gasteiger partial charge is 0.480 e. The van der Waals surface area contributed by atoms with Gasteiger partial charge in [0.2, 0.25) is 11.8 Å². The number of likely N-dealkylation sites (tertiary alicyclic amines) is 1. The van der Waals surface area contributed by atoms with Crippen LogP contribution in [0.1, 0.15) is 22.9 Å². The van der Waals surface area contributed by atoms with Crippen LogP contribution in [0.2, 0.25) is 0 Å². The van der Waals surface area contributed by atoms with Crippen molar-refractivity contribution < 1.29 is 18.7 Å². The summed E-state index contributed by atoms with van der Waals surface area (Å²) < 4.78 is 16.8. The number of para-hydroxylation sites is 1. The molecule has 1 atom stereocenters. The highest BCUT2D eigenvalue weighted by Crippen LogP contribution is 2.33. The van der Waals surface area contributed by atoms with Gasteiger partial charge in [0.1, 0.15) is 12.4 Å². The van der Waals surface area contributed by atoms with E-state index in [0.29, 0.717) is 31.3 Å². The molecule has 0 aliphatic carbocycles. The number of carbonyl (C=O) groups excluding carboxylic acids is 1. The maximum atomic E-state index is 12.5. The first-order valence-electron chi connectivity index (χ1n) is 8.04. The normalized spacial score (nSPS) is 19.8.